The van der Waals surface area contributed by atoms with Gasteiger partial charge in [0.05, 0.1) is 21.1 Å². The topological polar surface area (TPSA) is 80.5 Å². The van der Waals surface area contributed by atoms with Gasteiger partial charge in [-0.1, -0.05) is 40.9 Å². The molecule has 5 aromatic rings. The molecule has 37 heavy (non-hydrogen) atoms. The molecule has 1 atom stereocenters. The van der Waals surface area contributed by atoms with Crippen molar-refractivity contribution in [2.75, 3.05) is 10.6 Å². The molecule has 0 fully saturated rings. The van der Waals surface area contributed by atoms with E-state index in [1.54, 1.807) is 12.3 Å². The van der Waals surface area contributed by atoms with Crippen molar-refractivity contribution < 1.29 is 0 Å². The first-order valence-corrected chi connectivity index (χ1v) is 12.7. The molecule has 1 unspecified atom stereocenters. The molecule has 5 rings (SSSR count). The van der Waals surface area contributed by atoms with E-state index in [1.807, 2.05) is 65.3 Å². The molecule has 10 heteroatoms. The highest BCUT2D eigenvalue weighted by molar-refractivity contribution is 6.42. The molecule has 0 aliphatic carbocycles. The van der Waals surface area contributed by atoms with Crippen molar-refractivity contribution in [3.8, 4) is 0 Å². The van der Waals surface area contributed by atoms with Gasteiger partial charge in [-0.15, -0.1) is 5.10 Å². The largest absolute Gasteiger partial charge is 0.371 e. The molecule has 0 amide bonds. The van der Waals surface area contributed by atoms with Gasteiger partial charge in [0.2, 0.25) is 0 Å². The van der Waals surface area contributed by atoms with Crippen molar-refractivity contribution >= 4 is 62.8 Å². The fourth-order valence-electron chi connectivity index (χ4n) is 4.04. The van der Waals surface area contributed by atoms with Crippen LogP contribution in [0.3, 0.4) is 0 Å². The standard InChI is InChI=1S/C27H24Cl3N7/c1-27(2,3)37-26(34-35-36-37)25(16-4-11-21(29)22(30)14-16)33-19-8-6-18(7-9-19)32-23-12-13-31-24-15-17(28)5-10-20(23)24/h4-15,25,33H,1-3H3,(H,31,32). The van der Waals surface area contributed by atoms with Gasteiger partial charge < -0.3 is 10.6 Å². The monoisotopic (exact) mass is 551 g/mol. The Morgan fingerprint density at radius 2 is 1.59 bits per heavy atom. The van der Waals surface area contributed by atoms with Crippen LogP contribution < -0.4 is 10.6 Å². The maximum Gasteiger partial charge on any atom is 0.178 e. The van der Waals surface area contributed by atoms with Crippen LogP contribution in [-0.4, -0.2) is 25.2 Å². The van der Waals surface area contributed by atoms with Gasteiger partial charge in [0.1, 0.15) is 6.04 Å². The molecule has 2 aromatic heterocycles. The van der Waals surface area contributed by atoms with Crippen LogP contribution in [0.25, 0.3) is 10.9 Å². The Bertz CT molecular complexity index is 1560. The number of pyridine rings is 1. The summed E-state index contributed by atoms with van der Waals surface area (Å²) in [5.74, 6) is 0.662. The molecule has 0 aliphatic heterocycles. The Labute approximate surface area is 229 Å². The lowest BCUT2D eigenvalue weighted by atomic mass is 10.0. The first-order valence-electron chi connectivity index (χ1n) is 11.6. The molecule has 188 valence electrons. The summed E-state index contributed by atoms with van der Waals surface area (Å²) in [6.07, 6.45) is 1.76. The summed E-state index contributed by atoms with van der Waals surface area (Å²) in [5.41, 5.74) is 4.16. The third kappa shape index (κ3) is 5.49. The Morgan fingerprint density at radius 1 is 0.838 bits per heavy atom. The molecule has 0 saturated carbocycles. The minimum Gasteiger partial charge on any atom is -0.371 e. The van der Waals surface area contributed by atoms with Crippen LogP contribution >= 0.6 is 34.8 Å². The van der Waals surface area contributed by atoms with Gasteiger partial charge in [0.25, 0.3) is 0 Å². The molecule has 0 bridgehead atoms. The second-order valence-corrected chi connectivity index (χ2v) is 10.8. The molecule has 0 radical (unpaired) electrons. The van der Waals surface area contributed by atoms with Crippen LogP contribution in [0, 0.1) is 0 Å². The number of hydrogen-bond donors (Lipinski definition) is 2. The SMILES string of the molecule is CC(C)(C)n1nnnc1C(Nc1ccc(Nc2ccnc3cc(Cl)ccc23)cc1)c1ccc(Cl)c(Cl)c1. The lowest BCUT2D eigenvalue weighted by Crippen LogP contribution is -2.29. The number of nitrogens with zero attached hydrogens (tertiary/aromatic N) is 5. The van der Waals surface area contributed by atoms with Gasteiger partial charge in [-0.3, -0.25) is 4.98 Å². The van der Waals surface area contributed by atoms with E-state index in [0.29, 0.717) is 20.9 Å². The summed E-state index contributed by atoms with van der Waals surface area (Å²) in [6.45, 7) is 6.15. The molecule has 0 aliphatic rings. The zero-order chi connectivity index (χ0) is 26.2. The van der Waals surface area contributed by atoms with E-state index in [1.165, 1.54) is 0 Å². The third-order valence-corrected chi connectivity index (χ3v) is 6.82. The molecule has 3 aromatic carbocycles. The lowest BCUT2D eigenvalue weighted by molar-refractivity contribution is 0.333. The second-order valence-electron chi connectivity index (χ2n) is 9.59. The van der Waals surface area contributed by atoms with Crippen molar-refractivity contribution in [1.29, 1.82) is 0 Å². The van der Waals surface area contributed by atoms with Crippen molar-refractivity contribution in [3.05, 3.63) is 99.4 Å². The second kappa shape index (κ2) is 10.2. The van der Waals surface area contributed by atoms with E-state index in [-0.39, 0.29) is 11.6 Å². The summed E-state index contributed by atoms with van der Waals surface area (Å²) in [6, 6.07) is 20.8. The summed E-state index contributed by atoms with van der Waals surface area (Å²) in [7, 11) is 0. The highest BCUT2D eigenvalue weighted by Gasteiger charge is 2.27. The molecule has 0 spiro atoms. The number of rotatable bonds is 6. The predicted molar refractivity (Wildman–Crippen MR) is 151 cm³/mol. The molecular weight excluding hydrogens is 529 g/mol. The summed E-state index contributed by atoms with van der Waals surface area (Å²) < 4.78 is 1.81. The zero-order valence-corrected chi connectivity index (χ0v) is 22.6. The van der Waals surface area contributed by atoms with Crippen LogP contribution in [0.5, 0.6) is 0 Å². The normalized spacial score (nSPS) is 12.5. The maximum absolute atomic E-state index is 6.36. The summed E-state index contributed by atoms with van der Waals surface area (Å²) in [5, 5.41) is 22.2. The van der Waals surface area contributed by atoms with Crippen LogP contribution in [0.15, 0.2) is 72.9 Å². The number of halogens is 3. The molecule has 2 heterocycles. The number of hydrogen-bond acceptors (Lipinski definition) is 6. The molecule has 0 saturated heterocycles. The van der Waals surface area contributed by atoms with Crippen LogP contribution in [0.2, 0.25) is 15.1 Å². The van der Waals surface area contributed by atoms with Crippen LogP contribution in [0.1, 0.15) is 38.2 Å². The zero-order valence-electron chi connectivity index (χ0n) is 20.4. The van der Waals surface area contributed by atoms with E-state index in [9.17, 15) is 0 Å². The number of aromatic nitrogens is 5. The number of benzene rings is 3. The Morgan fingerprint density at radius 3 is 2.32 bits per heavy atom. The van der Waals surface area contributed by atoms with Gasteiger partial charge in [-0.05, 0) is 97.4 Å². The fourth-order valence-corrected chi connectivity index (χ4v) is 4.52. The first kappa shape index (κ1) is 25.3. The first-order chi connectivity index (χ1) is 17.7. The Kier molecular flexibility index (Phi) is 6.94. The molecule has 7 nitrogen and oxygen atoms in total. The minimum atomic E-state index is -0.364. The third-order valence-electron chi connectivity index (χ3n) is 5.84. The van der Waals surface area contributed by atoms with Gasteiger partial charge in [0.15, 0.2) is 5.82 Å². The smallest absolute Gasteiger partial charge is 0.178 e. The van der Waals surface area contributed by atoms with Gasteiger partial charge in [0, 0.05) is 33.7 Å². The summed E-state index contributed by atoms with van der Waals surface area (Å²) >= 11 is 18.7. The average Bonchev–Trinajstić information content (AvgIpc) is 3.36. The van der Waals surface area contributed by atoms with Crippen LogP contribution in [-0.2, 0) is 5.54 Å². The van der Waals surface area contributed by atoms with Crippen LogP contribution in [0.4, 0.5) is 17.1 Å². The Hall–Kier alpha value is -3.39. The average molecular weight is 553 g/mol. The number of anilines is 3. The van der Waals surface area contributed by atoms with Crippen molar-refractivity contribution in [1.82, 2.24) is 25.2 Å². The highest BCUT2D eigenvalue weighted by Crippen LogP contribution is 2.33. The fraction of sp³-hybridized carbons (Fsp3) is 0.185. The summed E-state index contributed by atoms with van der Waals surface area (Å²) in [4.78, 5) is 4.41. The van der Waals surface area contributed by atoms with Gasteiger partial charge in [-0.25, -0.2) is 4.68 Å². The van der Waals surface area contributed by atoms with Gasteiger partial charge >= 0.3 is 0 Å². The highest BCUT2D eigenvalue weighted by atomic mass is 35.5. The Balaban J connectivity index is 1.44. The van der Waals surface area contributed by atoms with Gasteiger partial charge in [-0.2, -0.15) is 0 Å². The van der Waals surface area contributed by atoms with Crippen molar-refractivity contribution in [2.45, 2.75) is 32.4 Å². The molecular formula is C27H24Cl3N7. The van der Waals surface area contributed by atoms with E-state index >= 15 is 0 Å². The quantitative estimate of drug-likeness (QED) is 0.223. The van der Waals surface area contributed by atoms with E-state index in [4.69, 9.17) is 34.8 Å². The maximum atomic E-state index is 6.36. The number of tetrazole rings is 1. The number of fused-ring (bicyclic) bond motifs is 1. The van der Waals surface area contributed by atoms with Crippen molar-refractivity contribution in [2.24, 2.45) is 0 Å². The van der Waals surface area contributed by atoms with E-state index < -0.39 is 0 Å². The lowest BCUT2D eigenvalue weighted by Gasteiger charge is -2.25. The molecule has 2 N–H and O–H groups in total. The van der Waals surface area contributed by atoms with E-state index in [0.717, 1.165) is 33.5 Å². The van der Waals surface area contributed by atoms with E-state index in [2.05, 4.69) is 51.9 Å². The predicted octanol–water partition coefficient (Wildman–Crippen LogP) is 7.88. The van der Waals surface area contributed by atoms with Crippen molar-refractivity contribution in [3.63, 3.8) is 0 Å². The number of nitrogens with one attached hydrogen (secondary N) is 2. The minimum absolute atomic E-state index is 0.319.